The van der Waals surface area contributed by atoms with Gasteiger partial charge in [-0.2, -0.15) is 21.6 Å². The summed E-state index contributed by atoms with van der Waals surface area (Å²) in [6, 6.07) is 1.90. The molecule has 1 aliphatic rings. The summed E-state index contributed by atoms with van der Waals surface area (Å²) in [4.78, 5) is 11.6. The Kier molecular flexibility index (Phi) is 5.69. The van der Waals surface area contributed by atoms with Crippen LogP contribution in [0, 0.1) is 5.82 Å². The molecule has 13 heteroatoms. The first kappa shape index (κ1) is 20.6. The first-order chi connectivity index (χ1) is 11.8. The summed E-state index contributed by atoms with van der Waals surface area (Å²) in [6.07, 6.45) is -7.03. The number of hydrogen-bond donors (Lipinski definition) is 1. The molecule has 1 heterocycles. The van der Waals surface area contributed by atoms with Crippen LogP contribution in [0.25, 0.3) is 0 Å². The van der Waals surface area contributed by atoms with Gasteiger partial charge < -0.3 is 5.11 Å². The van der Waals surface area contributed by atoms with Gasteiger partial charge in [0.25, 0.3) is 0 Å². The largest absolute Gasteiger partial charge is 0.523 e. The van der Waals surface area contributed by atoms with Gasteiger partial charge >= 0.3 is 21.7 Å². The van der Waals surface area contributed by atoms with E-state index in [1.807, 2.05) is 0 Å². The normalized spacial score (nSPS) is 24.1. The van der Waals surface area contributed by atoms with E-state index >= 15 is 0 Å². The minimum atomic E-state index is -6.19. The lowest BCUT2D eigenvalue weighted by atomic mass is 10.0. The predicted octanol–water partition coefficient (Wildman–Crippen LogP) is 2.96. The molecular weight excluding hydrogens is 413 g/mol. The Morgan fingerprint density at radius 1 is 1.38 bits per heavy atom. The highest BCUT2D eigenvalue weighted by molar-refractivity contribution is 7.87. The Morgan fingerprint density at radius 2 is 2.00 bits per heavy atom. The maximum Gasteiger partial charge on any atom is 0.523 e. The Morgan fingerprint density at radius 3 is 2.54 bits per heavy atom. The molecule has 1 aromatic rings. The van der Waals surface area contributed by atoms with Crippen molar-refractivity contribution in [2.24, 2.45) is 0 Å². The van der Waals surface area contributed by atoms with E-state index in [9.17, 15) is 35.2 Å². The fourth-order valence-corrected chi connectivity index (χ4v) is 3.39. The Bertz CT molecular complexity index is 803. The lowest BCUT2D eigenvalue weighted by molar-refractivity contribution is -0.0601. The molecule has 0 bridgehead atoms. The standard InChI is InChI=1S/C13H11ClF5NO5S/c14-7-3-1-2-6(10(7)16)4-9-11(8(15)5-20(9)12(21)22)25-26(23,24)13(17,18)19/h1-3,8-9,11H,4-5H2,(H,21,22)/t8-,9-,11+/m0/s1. The molecule has 1 fully saturated rings. The number of rotatable bonds is 4. The first-order valence-corrected chi connectivity index (χ1v) is 8.70. The van der Waals surface area contributed by atoms with Crippen LogP contribution in [0.1, 0.15) is 5.56 Å². The van der Waals surface area contributed by atoms with Gasteiger partial charge in [0.1, 0.15) is 18.1 Å². The zero-order chi connectivity index (χ0) is 19.9. The molecule has 6 nitrogen and oxygen atoms in total. The van der Waals surface area contributed by atoms with Crippen LogP contribution in [0.2, 0.25) is 5.02 Å². The van der Waals surface area contributed by atoms with Crippen molar-refractivity contribution in [3.63, 3.8) is 0 Å². The van der Waals surface area contributed by atoms with Crippen molar-refractivity contribution in [2.75, 3.05) is 6.54 Å². The zero-order valence-corrected chi connectivity index (χ0v) is 14.2. The molecule has 146 valence electrons. The van der Waals surface area contributed by atoms with Crippen LogP contribution in [-0.4, -0.2) is 54.9 Å². The van der Waals surface area contributed by atoms with Gasteiger partial charge in [0.15, 0.2) is 0 Å². The number of hydrogen-bond acceptors (Lipinski definition) is 4. The van der Waals surface area contributed by atoms with Gasteiger partial charge in [0, 0.05) is 0 Å². The van der Waals surface area contributed by atoms with E-state index in [0.29, 0.717) is 4.90 Å². The maximum absolute atomic E-state index is 14.1. The van der Waals surface area contributed by atoms with E-state index in [4.69, 9.17) is 16.7 Å². The van der Waals surface area contributed by atoms with Gasteiger partial charge in [0.05, 0.1) is 17.6 Å². The van der Waals surface area contributed by atoms with E-state index in [1.54, 1.807) is 0 Å². The van der Waals surface area contributed by atoms with Crippen molar-refractivity contribution in [1.29, 1.82) is 0 Å². The third-order valence-corrected chi connectivity index (χ3v) is 5.07. The Balaban J connectivity index is 2.39. The minimum absolute atomic E-state index is 0.235. The molecule has 3 atom stereocenters. The van der Waals surface area contributed by atoms with E-state index < -0.39 is 58.8 Å². The highest BCUT2D eigenvalue weighted by Gasteiger charge is 2.54. The second kappa shape index (κ2) is 7.16. The van der Waals surface area contributed by atoms with E-state index in [2.05, 4.69) is 4.18 Å². The molecule has 0 spiro atoms. The topological polar surface area (TPSA) is 83.9 Å². The second-order valence-corrected chi connectivity index (χ2v) is 7.37. The summed E-state index contributed by atoms with van der Waals surface area (Å²) in [5.74, 6) is -0.987. The molecule has 26 heavy (non-hydrogen) atoms. The number of amides is 1. The molecule has 1 aliphatic heterocycles. The molecule has 0 saturated carbocycles. The van der Waals surface area contributed by atoms with Gasteiger partial charge in [-0.25, -0.2) is 13.6 Å². The molecule has 1 aromatic carbocycles. The minimum Gasteiger partial charge on any atom is -0.465 e. The van der Waals surface area contributed by atoms with Crippen LogP contribution in [0.4, 0.5) is 26.7 Å². The highest BCUT2D eigenvalue weighted by Crippen LogP contribution is 2.33. The number of carbonyl (C=O) groups is 1. The average molecular weight is 424 g/mol. The molecule has 0 aliphatic carbocycles. The molecule has 1 saturated heterocycles. The summed E-state index contributed by atoms with van der Waals surface area (Å²) >= 11 is 5.57. The Hall–Kier alpha value is -1.66. The van der Waals surface area contributed by atoms with Crippen LogP contribution >= 0.6 is 11.6 Å². The second-order valence-electron chi connectivity index (χ2n) is 5.40. The zero-order valence-electron chi connectivity index (χ0n) is 12.6. The quantitative estimate of drug-likeness (QED) is 0.457. The smallest absolute Gasteiger partial charge is 0.465 e. The van der Waals surface area contributed by atoms with Crippen molar-refractivity contribution in [2.45, 2.75) is 30.2 Å². The van der Waals surface area contributed by atoms with Gasteiger partial charge in [-0.15, -0.1) is 0 Å². The number of nitrogens with zero attached hydrogens (tertiary/aromatic N) is 1. The van der Waals surface area contributed by atoms with Crippen molar-refractivity contribution >= 4 is 27.8 Å². The van der Waals surface area contributed by atoms with Gasteiger partial charge in [-0.05, 0) is 18.1 Å². The number of likely N-dealkylation sites (tertiary alicyclic amines) is 1. The molecule has 2 rings (SSSR count). The van der Waals surface area contributed by atoms with Crippen molar-refractivity contribution < 1.29 is 44.5 Å². The molecule has 0 unspecified atom stereocenters. The van der Waals surface area contributed by atoms with E-state index in [-0.39, 0.29) is 10.6 Å². The fraction of sp³-hybridized carbons (Fsp3) is 0.462. The predicted molar refractivity (Wildman–Crippen MR) is 78.4 cm³/mol. The number of halogens is 6. The summed E-state index contributed by atoms with van der Waals surface area (Å²) in [6.45, 7) is -0.930. The summed E-state index contributed by atoms with van der Waals surface area (Å²) in [5.41, 5.74) is -6.06. The number of alkyl halides is 4. The monoisotopic (exact) mass is 423 g/mol. The summed E-state index contributed by atoms with van der Waals surface area (Å²) in [7, 11) is -6.19. The van der Waals surface area contributed by atoms with Gasteiger partial charge in [-0.3, -0.25) is 9.08 Å². The molecule has 1 N–H and O–H groups in total. The van der Waals surface area contributed by atoms with Crippen LogP contribution < -0.4 is 0 Å². The molecule has 0 radical (unpaired) electrons. The number of benzene rings is 1. The molecule has 1 amide bonds. The fourth-order valence-electron chi connectivity index (χ4n) is 2.55. The Labute approximate surface area is 149 Å². The average Bonchev–Trinajstić information content (AvgIpc) is 2.79. The third kappa shape index (κ3) is 4.01. The van der Waals surface area contributed by atoms with Gasteiger partial charge in [-0.1, -0.05) is 23.7 Å². The SMILES string of the molecule is O=C(O)N1C[C@H](F)[C@@H](OS(=O)(=O)C(F)(F)F)[C@@H]1Cc1cccc(Cl)c1F. The van der Waals surface area contributed by atoms with E-state index in [1.165, 1.54) is 12.1 Å². The van der Waals surface area contributed by atoms with E-state index in [0.717, 1.165) is 6.07 Å². The van der Waals surface area contributed by atoms with Crippen molar-refractivity contribution in [3.8, 4) is 0 Å². The van der Waals surface area contributed by atoms with Gasteiger partial charge in [0.2, 0.25) is 0 Å². The molecule has 0 aromatic heterocycles. The number of carboxylic acid groups (broad SMARTS) is 1. The van der Waals surface area contributed by atoms with Crippen LogP contribution in [0.3, 0.4) is 0 Å². The van der Waals surface area contributed by atoms with Crippen LogP contribution in [0.15, 0.2) is 18.2 Å². The summed E-state index contributed by atoms with van der Waals surface area (Å²) < 4.78 is 91.8. The van der Waals surface area contributed by atoms with Crippen molar-refractivity contribution in [1.82, 2.24) is 4.90 Å². The summed E-state index contributed by atoms with van der Waals surface area (Å²) in [5, 5.41) is 8.74. The molecular formula is C13H11ClF5NO5S. The lowest BCUT2D eigenvalue weighted by Crippen LogP contribution is -2.44. The third-order valence-electron chi connectivity index (χ3n) is 3.73. The van der Waals surface area contributed by atoms with Crippen LogP contribution in [0.5, 0.6) is 0 Å². The highest BCUT2D eigenvalue weighted by atomic mass is 35.5. The first-order valence-electron chi connectivity index (χ1n) is 6.91. The maximum atomic E-state index is 14.1. The lowest BCUT2D eigenvalue weighted by Gasteiger charge is -2.26. The van der Waals surface area contributed by atoms with Crippen molar-refractivity contribution in [3.05, 3.63) is 34.6 Å². The van der Waals surface area contributed by atoms with Crippen LogP contribution in [-0.2, 0) is 20.7 Å².